The molecule has 0 spiro atoms. The van der Waals surface area contributed by atoms with Crippen molar-refractivity contribution in [1.82, 2.24) is 4.57 Å². The number of fused-ring (bicyclic) bond motifs is 6. The lowest BCUT2D eigenvalue weighted by Crippen LogP contribution is -2.09. The van der Waals surface area contributed by atoms with Crippen LogP contribution in [0.25, 0.3) is 72.0 Å². The lowest BCUT2D eigenvalue weighted by atomic mass is 10.0. The Kier molecular flexibility index (Phi) is 7.18. The summed E-state index contributed by atoms with van der Waals surface area (Å²) in [6.07, 6.45) is 4.43. The molecule has 1 aromatic heterocycles. The van der Waals surface area contributed by atoms with E-state index in [1.54, 1.807) is 0 Å². The van der Waals surface area contributed by atoms with Crippen LogP contribution >= 0.6 is 0 Å². The van der Waals surface area contributed by atoms with Gasteiger partial charge in [0.15, 0.2) is 0 Å². The molecule has 2 heteroatoms. The zero-order valence-electron chi connectivity index (χ0n) is 28.5. The molecule has 1 heterocycles. The molecule has 52 heavy (non-hydrogen) atoms. The highest BCUT2D eigenvalue weighted by Crippen LogP contribution is 2.38. The van der Waals surface area contributed by atoms with Crippen molar-refractivity contribution in [3.8, 4) is 5.69 Å². The van der Waals surface area contributed by atoms with Crippen LogP contribution in [0.1, 0.15) is 11.1 Å². The van der Waals surface area contributed by atoms with Crippen molar-refractivity contribution in [3.63, 3.8) is 0 Å². The summed E-state index contributed by atoms with van der Waals surface area (Å²) in [5, 5.41) is 9.92. The lowest BCUT2D eigenvalue weighted by Gasteiger charge is -2.26. The maximum absolute atomic E-state index is 2.38. The van der Waals surface area contributed by atoms with E-state index in [9.17, 15) is 0 Å². The van der Waals surface area contributed by atoms with Gasteiger partial charge in [-0.3, -0.25) is 0 Å². The highest BCUT2D eigenvalue weighted by atomic mass is 15.1. The molecule has 10 rings (SSSR count). The van der Waals surface area contributed by atoms with Crippen LogP contribution < -0.4 is 4.90 Å². The van der Waals surface area contributed by atoms with Crippen molar-refractivity contribution >= 4 is 83.3 Å². The van der Waals surface area contributed by atoms with Gasteiger partial charge in [0, 0.05) is 33.5 Å². The molecular weight excluding hydrogens is 629 g/mol. The summed E-state index contributed by atoms with van der Waals surface area (Å²) in [6.45, 7) is 0. The molecule has 10 aromatic rings. The Balaban J connectivity index is 0.945. The number of hydrogen-bond donors (Lipinski definition) is 0. The molecule has 2 nitrogen and oxygen atoms in total. The average molecular weight is 663 g/mol. The third-order valence-corrected chi connectivity index (χ3v) is 10.3. The molecule has 0 fully saturated rings. The molecule has 0 aliphatic rings. The van der Waals surface area contributed by atoms with Crippen LogP contribution in [0.4, 0.5) is 17.1 Å². The molecule has 0 saturated heterocycles. The van der Waals surface area contributed by atoms with Crippen molar-refractivity contribution in [2.75, 3.05) is 4.90 Å². The molecule has 0 N–H and O–H groups in total. The number of rotatable bonds is 6. The van der Waals surface area contributed by atoms with Crippen LogP contribution in [0.15, 0.2) is 194 Å². The molecule has 0 saturated carbocycles. The molecule has 244 valence electrons. The summed E-state index contributed by atoms with van der Waals surface area (Å²) in [6, 6.07) is 70.2. The summed E-state index contributed by atoms with van der Waals surface area (Å²) in [5.74, 6) is 0. The molecule has 0 bridgehead atoms. The second kappa shape index (κ2) is 12.5. The Hall–Kier alpha value is -6.90. The van der Waals surface area contributed by atoms with E-state index in [4.69, 9.17) is 0 Å². The number of aromatic nitrogens is 1. The largest absolute Gasteiger partial charge is 0.310 e. The van der Waals surface area contributed by atoms with Gasteiger partial charge in [-0.2, -0.15) is 0 Å². The van der Waals surface area contributed by atoms with Crippen LogP contribution in [0.5, 0.6) is 0 Å². The standard InChI is InChI=1S/C50H34N2/c1-2-12-43(13-3-1)51(44-27-24-37-10-4-5-11-38(37)32-44)45-28-25-39-30-35(20-22-41(39)33-45)18-19-36-21-23-42-34-46(29-26-40(42)31-36)52-49-16-8-6-14-47(49)48-15-7-9-17-50(48)52/h1-34H/b19-18+. The van der Waals surface area contributed by atoms with E-state index >= 15 is 0 Å². The fourth-order valence-electron chi connectivity index (χ4n) is 7.72. The van der Waals surface area contributed by atoms with Gasteiger partial charge in [-0.25, -0.2) is 0 Å². The first-order valence-corrected chi connectivity index (χ1v) is 17.8. The molecule has 0 aliphatic carbocycles. The minimum atomic E-state index is 1.13. The Labute approximate surface area is 302 Å². The van der Waals surface area contributed by atoms with Gasteiger partial charge in [0.05, 0.1) is 11.0 Å². The van der Waals surface area contributed by atoms with Crippen molar-refractivity contribution < 1.29 is 0 Å². The predicted octanol–water partition coefficient (Wildman–Crippen LogP) is 13.9. The fourth-order valence-corrected chi connectivity index (χ4v) is 7.72. The van der Waals surface area contributed by atoms with Crippen LogP contribution in [0.2, 0.25) is 0 Å². The monoisotopic (exact) mass is 662 g/mol. The fraction of sp³-hybridized carbons (Fsp3) is 0. The van der Waals surface area contributed by atoms with Crippen molar-refractivity contribution in [2.45, 2.75) is 0 Å². The van der Waals surface area contributed by atoms with Crippen molar-refractivity contribution in [3.05, 3.63) is 205 Å². The van der Waals surface area contributed by atoms with Gasteiger partial charge in [0.25, 0.3) is 0 Å². The summed E-state index contributed by atoms with van der Waals surface area (Å²) >= 11 is 0. The third-order valence-electron chi connectivity index (χ3n) is 10.3. The first kappa shape index (κ1) is 30.0. The van der Waals surface area contributed by atoms with Crippen LogP contribution in [-0.4, -0.2) is 4.57 Å². The highest BCUT2D eigenvalue weighted by molar-refractivity contribution is 6.09. The van der Waals surface area contributed by atoms with Gasteiger partial charge in [0.1, 0.15) is 0 Å². The van der Waals surface area contributed by atoms with Gasteiger partial charge < -0.3 is 9.47 Å². The predicted molar refractivity (Wildman–Crippen MR) is 223 cm³/mol. The number of benzene rings is 9. The van der Waals surface area contributed by atoms with Crippen LogP contribution in [-0.2, 0) is 0 Å². The maximum atomic E-state index is 2.38. The van der Waals surface area contributed by atoms with E-state index in [0.717, 1.165) is 17.1 Å². The average Bonchev–Trinajstić information content (AvgIpc) is 3.54. The third kappa shape index (κ3) is 5.30. The SMILES string of the molecule is C(=C\c1ccc2cc(-n3c4ccccc4c4ccccc43)ccc2c1)/c1ccc2cc(N(c3ccccc3)c3ccc4ccccc4c3)ccc2c1. The van der Waals surface area contributed by atoms with E-state index in [-0.39, 0.29) is 0 Å². The van der Waals surface area contributed by atoms with E-state index in [1.165, 1.54) is 70.9 Å². The second-order valence-corrected chi connectivity index (χ2v) is 13.5. The van der Waals surface area contributed by atoms with E-state index in [1.807, 2.05) is 0 Å². The van der Waals surface area contributed by atoms with E-state index in [0.29, 0.717) is 0 Å². The molecular formula is C50H34N2. The molecule has 9 aromatic carbocycles. The Morgan fingerprint density at radius 3 is 1.44 bits per heavy atom. The summed E-state index contributed by atoms with van der Waals surface area (Å²) < 4.78 is 2.38. The number of hydrogen-bond acceptors (Lipinski definition) is 1. The summed E-state index contributed by atoms with van der Waals surface area (Å²) in [7, 11) is 0. The number of anilines is 3. The maximum Gasteiger partial charge on any atom is 0.0541 e. The van der Waals surface area contributed by atoms with Gasteiger partial charge in [-0.05, 0) is 116 Å². The lowest BCUT2D eigenvalue weighted by molar-refractivity contribution is 1.19. The first-order chi connectivity index (χ1) is 25.7. The number of nitrogens with zero attached hydrogens (tertiary/aromatic N) is 2. The normalized spacial score (nSPS) is 11.8. The van der Waals surface area contributed by atoms with Gasteiger partial charge in [0.2, 0.25) is 0 Å². The molecule has 0 unspecified atom stereocenters. The summed E-state index contributed by atoms with van der Waals surface area (Å²) in [5.41, 5.74) is 9.40. The summed E-state index contributed by atoms with van der Waals surface area (Å²) in [4.78, 5) is 2.34. The minimum absolute atomic E-state index is 1.13. The van der Waals surface area contributed by atoms with E-state index in [2.05, 4.69) is 216 Å². The zero-order chi connectivity index (χ0) is 34.4. The van der Waals surface area contributed by atoms with Gasteiger partial charge >= 0.3 is 0 Å². The highest BCUT2D eigenvalue weighted by Gasteiger charge is 2.14. The van der Waals surface area contributed by atoms with Gasteiger partial charge in [-0.15, -0.1) is 0 Å². The zero-order valence-corrected chi connectivity index (χ0v) is 28.5. The Bertz CT molecular complexity index is 2910. The first-order valence-electron chi connectivity index (χ1n) is 17.8. The quantitative estimate of drug-likeness (QED) is 0.161. The van der Waals surface area contributed by atoms with E-state index < -0.39 is 0 Å². The molecule has 0 radical (unpaired) electrons. The topological polar surface area (TPSA) is 8.17 Å². The van der Waals surface area contributed by atoms with Crippen molar-refractivity contribution in [2.24, 2.45) is 0 Å². The second-order valence-electron chi connectivity index (χ2n) is 13.5. The smallest absolute Gasteiger partial charge is 0.0541 e. The molecule has 0 atom stereocenters. The Morgan fingerprint density at radius 2 is 0.788 bits per heavy atom. The molecule has 0 amide bonds. The van der Waals surface area contributed by atoms with Crippen molar-refractivity contribution in [1.29, 1.82) is 0 Å². The minimum Gasteiger partial charge on any atom is -0.310 e. The molecule has 0 aliphatic heterocycles. The van der Waals surface area contributed by atoms with Crippen LogP contribution in [0.3, 0.4) is 0 Å². The number of para-hydroxylation sites is 3. The Morgan fingerprint density at radius 1 is 0.327 bits per heavy atom. The van der Waals surface area contributed by atoms with Crippen LogP contribution in [0, 0.1) is 0 Å². The van der Waals surface area contributed by atoms with Gasteiger partial charge in [-0.1, -0.05) is 133 Å².